The number of unbranched alkanes of at least 4 members (excludes halogenated alkanes) is 40. The van der Waals surface area contributed by atoms with Crippen LogP contribution in [0.5, 0.6) is 0 Å². The van der Waals surface area contributed by atoms with Crippen molar-refractivity contribution in [3.8, 4) is 0 Å². The molecular formula is C77H142O17P2. The summed E-state index contributed by atoms with van der Waals surface area (Å²) in [5.41, 5.74) is 0. The van der Waals surface area contributed by atoms with E-state index in [4.69, 9.17) is 37.0 Å². The summed E-state index contributed by atoms with van der Waals surface area (Å²) in [6.45, 7) is 4.84. The summed E-state index contributed by atoms with van der Waals surface area (Å²) in [7, 11) is -9.94. The molecule has 19 heteroatoms. The van der Waals surface area contributed by atoms with E-state index in [9.17, 15) is 43.2 Å². The van der Waals surface area contributed by atoms with Crippen molar-refractivity contribution in [1.29, 1.82) is 0 Å². The van der Waals surface area contributed by atoms with Crippen LogP contribution in [0.15, 0.2) is 48.6 Å². The minimum atomic E-state index is -4.97. The Hall–Kier alpha value is -2.98. The summed E-state index contributed by atoms with van der Waals surface area (Å²) in [6, 6.07) is 0. The molecule has 0 aliphatic rings. The Morgan fingerprint density at radius 2 is 0.521 bits per heavy atom. The Labute approximate surface area is 585 Å². The van der Waals surface area contributed by atoms with Crippen molar-refractivity contribution >= 4 is 39.5 Å². The zero-order chi connectivity index (χ0) is 70.4. The fourth-order valence-electron chi connectivity index (χ4n) is 10.8. The van der Waals surface area contributed by atoms with Crippen LogP contribution in [-0.4, -0.2) is 96.7 Å². The molecule has 0 aliphatic heterocycles. The average molecular weight is 1400 g/mol. The third-order valence-electron chi connectivity index (χ3n) is 16.8. The van der Waals surface area contributed by atoms with Crippen LogP contribution in [0.4, 0.5) is 0 Å². The first-order valence-corrected chi connectivity index (χ1v) is 41.9. The van der Waals surface area contributed by atoms with Crippen molar-refractivity contribution < 1.29 is 80.2 Å². The van der Waals surface area contributed by atoms with Gasteiger partial charge in [-0.1, -0.05) is 282 Å². The fraction of sp³-hybridized carbons (Fsp3) is 0.844. The number of phosphoric ester groups is 2. The number of ether oxygens (including phenoxy) is 4. The van der Waals surface area contributed by atoms with E-state index in [0.29, 0.717) is 25.7 Å². The van der Waals surface area contributed by atoms with Gasteiger partial charge in [-0.05, 0) is 103 Å². The van der Waals surface area contributed by atoms with Gasteiger partial charge in [0.05, 0.1) is 26.4 Å². The van der Waals surface area contributed by atoms with Crippen molar-refractivity contribution in [3.63, 3.8) is 0 Å². The predicted molar refractivity (Wildman–Crippen MR) is 390 cm³/mol. The minimum Gasteiger partial charge on any atom is -0.462 e. The number of rotatable bonds is 74. The SMILES string of the molecule is CCCC/C=C\CCCCCCCC(=O)OC(COC(=O)CCCCCCCCCCCCCCCCC)COP(=O)(O)OCC(O)COP(=O)(O)OCC(COC(=O)CCCCCCC/C=C\C/C=C\CCCCC)OC(=O)CCCCCCC/C=C\CCCCCCCC. The second kappa shape index (κ2) is 70.5. The monoisotopic (exact) mass is 1400 g/mol. The van der Waals surface area contributed by atoms with Crippen LogP contribution in [0.25, 0.3) is 0 Å². The number of phosphoric acid groups is 2. The van der Waals surface area contributed by atoms with Crippen LogP contribution in [0.1, 0.15) is 362 Å². The zero-order valence-corrected chi connectivity index (χ0v) is 63.1. The highest BCUT2D eigenvalue weighted by Gasteiger charge is 2.30. The quantitative estimate of drug-likeness (QED) is 0.0169. The van der Waals surface area contributed by atoms with Crippen LogP contribution in [0, 0.1) is 0 Å². The van der Waals surface area contributed by atoms with Gasteiger partial charge in [-0.3, -0.25) is 37.3 Å². The third-order valence-corrected chi connectivity index (χ3v) is 18.7. The minimum absolute atomic E-state index is 0.0867. The summed E-state index contributed by atoms with van der Waals surface area (Å²) in [4.78, 5) is 72.8. The van der Waals surface area contributed by atoms with E-state index in [2.05, 4.69) is 76.3 Å². The van der Waals surface area contributed by atoms with Crippen LogP contribution in [0.2, 0.25) is 0 Å². The first kappa shape index (κ1) is 93.0. The smallest absolute Gasteiger partial charge is 0.462 e. The molecule has 5 unspecified atom stereocenters. The summed E-state index contributed by atoms with van der Waals surface area (Å²) < 4.78 is 68.5. The lowest BCUT2D eigenvalue weighted by Gasteiger charge is -2.21. The number of esters is 4. The maximum atomic E-state index is 13.1. The Morgan fingerprint density at radius 3 is 0.833 bits per heavy atom. The van der Waals surface area contributed by atoms with Crippen molar-refractivity contribution in [2.75, 3.05) is 39.6 Å². The molecule has 0 radical (unpaired) electrons. The number of carbonyl (C=O) groups excluding carboxylic acids is 4. The highest BCUT2D eigenvalue weighted by Crippen LogP contribution is 2.45. The van der Waals surface area contributed by atoms with E-state index < -0.39 is 97.5 Å². The molecule has 3 N–H and O–H groups in total. The number of aliphatic hydroxyl groups excluding tert-OH is 1. The number of carbonyl (C=O) groups is 4. The lowest BCUT2D eigenvalue weighted by molar-refractivity contribution is -0.161. The summed E-state index contributed by atoms with van der Waals surface area (Å²) in [6.07, 6.45) is 66.7. The van der Waals surface area contributed by atoms with Crippen LogP contribution in [0.3, 0.4) is 0 Å². The highest BCUT2D eigenvalue weighted by atomic mass is 31.2. The van der Waals surface area contributed by atoms with E-state index in [0.717, 1.165) is 141 Å². The van der Waals surface area contributed by atoms with E-state index in [1.54, 1.807) is 0 Å². The predicted octanol–water partition coefficient (Wildman–Crippen LogP) is 22.1. The normalized spacial score (nSPS) is 14.2. The lowest BCUT2D eigenvalue weighted by Crippen LogP contribution is -2.30. The second-order valence-corrected chi connectivity index (χ2v) is 29.2. The summed E-state index contributed by atoms with van der Waals surface area (Å²) in [5, 5.41) is 10.6. The van der Waals surface area contributed by atoms with Crippen molar-refractivity contribution in [2.45, 2.75) is 380 Å². The van der Waals surface area contributed by atoms with Crippen LogP contribution < -0.4 is 0 Å². The maximum absolute atomic E-state index is 13.1. The zero-order valence-electron chi connectivity index (χ0n) is 61.3. The summed E-state index contributed by atoms with van der Waals surface area (Å²) >= 11 is 0. The molecule has 0 aliphatic carbocycles. The van der Waals surface area contributed by atoms with Gasteiger partial charge >= 0.3 is 39.5 Å². The Morgan fingerprint density at radius 1 is 0.292 bits per heavy atom. The molecule has 0 rings (SSSR count). The van der Waals surface area contributed by atoms with Crippen molar-refractivity contribution in [2.24, 2.45) is 0 Å². The number of hydrogen-bond acceptors (Lipinski definition) is 15. The van der Waals surface area contributed by atoms with Crippen LogP contribution >= 0.6 is 15.6 Å². The molecule has 562 valence electrons. The van der Waals surface area contributed by atoms with Gasteiger partial charge in [0.1, 0.15) is 19.3 Å². The number of allylic oxidation sites excluding steroid dienone is 8. The van der Waals surface area contributed by atoms with Crippen molar-refractivity contribution in [3.05, 3.63) is 48.6 Å². The lowest BCUT2D eigenvalue weighted by atomic mass is 10.0. The van der Waals surface area contributed by atoms with Gasteiger partial charge in [0.15, 0.2) is 12.2 Å². The fourth-order valence-corrected chi connectivity index (χ4v) is 12.3. The molecule has 5 atom stereocenters. The van der Waals surface area contributed by atoms with Gasteiger partial charge in [-0.15, -0.1) is 0 Å². The van der Waals surface area contributed by atoms with E-state index in [-0.39, 0.29) is 25.7 Å². The highest BCUT2D eigenvalue weighted by molar-refractivity contribution is 7.47. The molecule has 96 heavy (non-hydrogen) atoms. The van der Waals surface area contributed by atoms with E-state index in [1.165, 1.54) is 141 Å². The van der Waals surface area contributed by atoms with E-state index >= 15 is 0 Å². The molecule has 0 saturated heterocycles. The molecular weight excluding hydrogens is 1260 g/mol. The molecule has 17 nitrogen and oxygen atoms in total. The van der Waals surface area contributed by atoms with Crippen molar-refractivity contribution in [1.82, 2.24) is 0 Å². The molecule has 0 spiro atoms. The number of aliphatic hydroxyl groups is 1. The first-order valence-electron chi connectivity index (χ1n) is 38.9. The second-order valence-electron chi connectivity index (χ2n) is 26.3. The largest absolute Gasteiger partial charge is 0.472 e. The molecule has 0 saturated carbocycles. The maximum Gasteiger partial charge on any atom is 0.472 e. The van der Waals surface area contributed by atoms with Gasteiger partial charge in [0.25, 0.3) is 0 Å². The Kier molecular flexibility index (Phi) is 68.3. The standard InChI is InChI=1S/C77H142O17P2/c1-5-9-13-17-21-25-29-32-35-38-42-45-49-53-57-61-74(79)87-67-72(93-76(81)63-59-55-51-47-41-28-24-20-16-12-8-4)69-91-95(83,84)89-65-71(78)66-90-96(85,86)92-70-73(94-77(82)64-60-56-52-48-44-40-37-34-31-27-23-19-15-11-7-3)68-88-75(80)62-58-54-50-46-43-39-36-33-30-26-22-18-14-10-6-2/h20,22,24,26,33-34,36-37,71-73,78H,5-19,21,23,25,27-32,35,38-70H2,1-4H3,(H,83,84)(H,85,86)/b24-20-,26-22-,36-33-,37-34-. The van der Waals surface area contributed by atoms with Gasteiger partial charge in [0, 0.05) is 25.7 Å². The van der Waals surface area contributed by atoms with Gasteiger partial charge in [-0.2, -0.15) is 0 Å². The summed E-state index contributed by atoms with van der Waals surface area (Å²) in [5.74, 6) is -2.17. The Bertz CT molecular complexity index is 2010. The van der Waals surface area contributed by atoms with Gasteiger partial charge in [-0.25, -0.2) is 9.13 Å². The van der Waals surface area contributed by atoms with Gasteiger partial charge < -0.3 is 33.8 Å². The molecule has 0 amide bonds. The molecule has 0 fully saturated rings. The Balaban J connectivity index is 5.30. The van der Waals surface area contributed by atoms with Crippen LogP contribution in [-0.2, 0) is 65.4 Å². The topological polar surface area (TPSA) is 237 Å². The molecule has 0 bridgehead atoms. The molecule has 0 heterocycles. The molecule has 0 aromatic carbocycles. The van der Waals surface area contributed by atoms with Gasteiger partial charge in [0.2, 0.25) is 0 Å². The number of hydrogen-bond donors (Lipinski definition) is 3. The molecule has 0 aromatic rings. The average Bonchev–Trinajstić information content (AvgIpc) is 1.98. The molecule has 0 aromatic heterocycles. The first-order chi connectivity index (χ1) is 46.7. The van der Waals surface area contributed by atoms with E-state index in [1.807, 2.05) is 0 Å². The third kappa shape index (κ3) is 69.5.